The monoisotopic (exact) mass is 375 g/mol. The third kappa shape index (κ3) is 4.25. The Labute approximate surface area is 152 Å². The molecule has 3 rings (SSSR count). The fourth-order valence-electron chi connectivity index (χ4n) is 3.31. The smallest absolute Gasteiger partial charge is 0.337 e. The second kappa shape index (κ2) is 7.51. The van der Waals surface area contributed by atoms with Crippen LogP contribution in [0.2, 0.25) is 0 Å². The first kappa shape index (κ1) is 18.5. The van der Waals surface area contributed by atoms with Crippen molar-refractivity contribution in [1.29, 1.82) is 0 Å². The van der Waals surface area contributed by atoms with Gasteiger partial charge in [0.25, 0.3) is 0 Å². The van der Waals surface area contributed by atoms with E-state index >= 15 is 0 Å². The molecule has 8 heteroatoms. The summed E-state index contributed by atoms with van der Waals surface area (Å²) in [5, 5.41) is 9.16. The van der Waals surface area contributed by atoms with Crippen molar-refractivity contribution in [2.45, 2.75) is 19.3 Å². The van der Waals surface area contributed by atoms with Crippen LogP contribution >= 0.6 is 0 Å². The second-order valence-electron chi connectivity index (χ2n) is 6.59. The fraction of sp³-hybridized carbons (Fsp3) is 0.389. The van der Waals surface area contributed by atoms with Crippen LogP contribution in [0.5, 0.6) is 0 Å². The van der Waals surface area contributed by atoms with Crippen molar-refractivity contribution in [3.05, 3.63) is 47.9 Å². The van der Waals surface area contributed by atoms with Gasteiger partial charge in [-0.1, -0.05) is 6.07 Å². The van der Waals surface area contributed by atoms with Crippen LogP contribution in [0.25, 0.3) is 11.3 Å². The Morgan fingerprint density at radius 2 is 2.04 bits per heavy atom. The summed E-state index contributed by atoms with van der Waals surface area (Å²) in [6.45, 7) is 1.07. The van der Waals surface area contributed by atoms with Crippen molar-refractivity contribution in [1.82, 2.24) is 14.3 Å². The molecule has 0 atom stereocenters. The highest BCUT2D eigenvalue weighted by Crippen LogP contribution is 2.28. The highest BCUT2D eigenvalue weighted by Gasteiger charge is 2.25. The van der Waals surface area contributed by atoms with Crippen LogP contribution in [0.1, 0.15) is 28.8 Å². The number of carboxylic acid groups (broad SMARTS) is 1. The molecule has 2 aromatic heterocycles. The van der Waals surface area contributed by atoms with Crippen LogP contribution in [0, 0.1) is 5.92 Å². The van der Waals surface area contributed by atoms with E-state index in [-0.39, 0.29) is 5.56 Å². The Morgan fingerprint density at radius 3 is 2.69 bits per heavy atom. The van der Waals surface area contributed by atoms with Gasteiger partial charge in [0.2, 0.25) is 10.0 Å². The number of nitrogens with zero attached hydrogens (tertiary/aromatic N) is 3. The number of hydrogen-bond donors (Lipinski definition) is 1. The summed E-state index contributed by atoms with van der Waals surface area (Å²) in [5.41, 5.74) is 2.55. The predicted octanol–water partition coefficient (Wildman–Crippen LogP) is 2.06. The van der Waals surface area contributed by atoms with E-state index in [1.54, 1.807) is 18.5 Å². The van der Waals surface area contributed by atoms with Crippen molar-refractivity contribution in [3.8, 4) is 11.3 Å². The van der Waals surface area contributed by atoms with Gasteiger partial charge < -0.3 is 5.11 Å². The van der Waals surface area contributed by atoms with Crippen LogP contribution in [-0.2, 0) is 16.4 Å². The number of piperidine rings is 1. The Morgan fingerprint density at radius 1 is 1.31 bits per heavy atom. The lowest BCUT2D eigenvalue weighted by Crippen LogP contribution is -2.38. The molecule has 0 aliphatic carbocycles. The van der Waals surface area contributed by atoms with Crippen molar-refractivity contribution in [2.75, 3.05) is 19.3 Å². The average Bonchev–Trinajstić information content (AvgIpc) is 2.62. The lowest BCUT2D eigenvalue weighted by atomic mass is 9.89. The highest BCUT2D eigenvalue weighted by molar-refractivity contribution is 7.88. The van der Waals surface area contributed by atoms with E-state index in [9.17, 15) is 13.2 Å². The number of carboxylic acids is 1. The molecule has 0 radical (unpaired) electrons. The number of rotatable bonds is 5. The third-order valence-corrected chi connectivity index (χ3v) is 6.00. The minimum atomic E-state index is -3.13. The Balaban J connectivity index is 1.79. The van der Waals surface area contributed by atoms with E-state index < -0.39 is 16.0 Å². The van der Waals surface area contributed by atoms with Gasteiger partial charge in [0.15, 0.2) is 0 Å². The number of sulfonamides is 1. The number of hydrogen-bond acceptors (Lipinski definition) is 5. The van der Waals surface area contributed by atoms with Crippen LogP contribution in [0.3, 0.4) is 0 Å². The van der Waals surface area contributed by atoms with Crippen molar-refractivity contribution in [2.24, 2.45) is 5.92 Å². The third-order valence-electron chi connectivity index (χ3n) is 4.70. The number of aromatic nitrogens is 2. The van der Waals surface area contributed by atoms with Gasteiger partial charge in [-0.2, -0.15) is 0 Å². The van der Waals surface area contributed by atoms with E-state index in [2.05, 4.69) is 9.97 Å². The lowest BCUT2D eigenvalue weighted by molar-refractivity contribution is 0.0696. The first-order valence-electron chi connectivity index (χ1n) is 8.42. The average molecular weight is 375 g/mol. The molecule has 0 aromatic carbocycles. The minimum Gasteiger partial charge on any atom is -0.478 e. The molecule has 1 fully saturated rings. The number of aromatic carboxylic acids is 1. The Kier molecular flexibility index (Phi) is 5.33. The predicted molar refractivity (Wildman–Crippen MR) is 97.3 cm³/mol. The van der Waals surface area contributed by atoms with Gasteiger partial charge in [-0.05, 0) is 42.9 Å². The largest absolute Gasteiger partial charge is 0.478 e. The molecule has 1 aliphatic rings. The van der Waals surface area contributed by atoms with Crippen LogP contribution < -0.4 is 0 Å². The molecular weight excluding hydrogens is 354 g/mol. The van der Waals surface area contributed by atoms with E-state index in [0.29, 0.717) is 24.6 Å². The fourth-order valence-corrected chi connectivity index (χ4v) is 4.18. The zero-order chi connectivity index (χ0) is 18.7. The number of carbonyl (C=O) groups is 1. The summed E-state index contributed by atoms with van der Waals surface area (Å²) in [5.74, 6) is -0.656. The molecule has 26 heavy (non-hydrogen) atoms. The van der Waals surface area contributed by atoms with Gasteiger partial charge in [0, 0.05) is 37.2 Å². The maximum atomic E-state index is 11.6. The number of pyridine rings is 2. The highest BCUT2D eigenvalue weighted by atomic mass is 32.2. The van der Waals surface area contributed by atoms with Crippen LogP contribution in [0.15, 0.2) is 36.8 Å². The van der Waals surface area contributed by atoms with E-state index in [4.69, 9.17) is 5.11 Å². The summed E-state index contributed by atoms with van der Waals surface area (Å²) in [4.78, 5) is 19.6. The van der Waals surface area contributed by atoms with Gasteiger partial charge in [-0.15, -0.1) is 0 Å². The lowest BCUT2D eigenvalue weighted by Gasteiger charge is -2.30. The first-order chi connectivity index (χ1) is 12.3. The molecule has 1 saturated heterocycles. The van der Waals surface area contributed by atoms with Gasteiger partial charge in [-0.3, -0.25) is 9.97 Å². The summed E-state index contributed by atoms with van der Waals surface area (Å²) < 4.78 is 24.8. The molecule has 1 N–H and O–H groups in total. The Hall–Kier alpha value is -2.32. The van der Waals surface area contributed by atoms with E-state index in [1.165, 1.54) is 16.8 Å². The van der Waals surface area contributed by atoms with E-state index in [0.717, 1.165) is 30.5 Å². The van der Waals surface area contributed by atoms with Crippen molar-refractivity contribution >= 4 is 16.0 Å². The molecule has 7 nitrogen and oxygen atoms in total. The van der Waals surface area contributed by atoms with Gasteiger partial charge in [-0.25, -0.2) is 17.5 Å². The summed E-state index contributed by atoms with van der Waals surface area (Å²) >= 11 is 0. The molecule has 2 aromatic rings. The van der Waals surface area contributed by atoms with Gasteiger partial charge >= 0.3 is 5.97 Å². The van der Waals surface area contributed by atoms with Crippen LogP contribution in [0.4, 0.5) is 0 Å². The molecule has 3 heterocycles. The molecule has 0 spiro atoms. The van der Waals surface area contributed by atoms with Crippen molar-refractivity contribution in [3.63, 3.8) is 0 Å². The van der Waals surface area contributed by atoms with Gasteiger partial charge in [0.1, 0.15) is 0 Å². The maximum absolute atomic E-state index is 11.6. The molecule has 138 valence electrons. The summed E-state index contributed by atoms with van der Waals surface area (Å²) in [6.07, 6.45) is 8.23. The second-order valence-corrected chi connectivity index (χ2v) is 8.57. The normalized spacial score (nSPS) is 16.5. The zero-order valence-corrected chi connectivity index (χ0v) is 15.3. The molecular formula is C18H21N3O4S. The maximum Gasteiger partial charge on any atom is 0.337 e. The minimum absolute atomic E-state index is 0.126. The standard InChI is InChI=1S/C18H21N3O4S/c1-26(24,25)21-7-4-13(5-8-21)9-14-3-2-6-20-17(14)15-10-16(18(22)23)12-19-11-15/h2-3,6,10-13H,4-5,7-9H2,1H3,(H,22,23). The SMILES string of the molecule is CS(=O)(=O)N1CCC(Cc2cccnc2-c2cncc(C(=O)O)c2)CC1. The van der Waals surface area contributed by atoms with E-state index in [1.807, 2.05) is 12.1 Å². The molecule has 0 saturated carbocycles. The molecule has 0 unspecified atom stereocenters. The topological polar surface area (TPSA) is 100 Å². The first-order valence-corrected chi connectivity index (χ1v) is 10.3. The van der Waals surface area contributed by atoms with Gasteiger partial charge in [0.05, 0.1) is 17.5 Å². The Bertz CT molecular complexity index is 906. The molecule has 1 aliphatic heterocycles. The summed E-state index contributed by atoms with van der Waals surface area (Å²) in [7, 11) is -3.13. The van der Waals surface area contributed by atoms with Crippen molar-refractivity contribution < 1.29 is 18.3 Å². The van der Waals surface area contributed by atoms with Crippen LogP contribution in [-0.4, -0.2) is 53.1 Å². The zero-order valence-electron chi connectivity index (χ0n) is 14.5. The summed E-state index contributed by atoms with van der Waals surface area (Å²) in [6, 6.07) is 5.42. The molecule has 0 amide bonds. The quantitative estimate of drug-likeness (QED) is 0.858. The molecule has 0 bridgehead atoms.